The predicted molar refractivity (Wildman–Crippen MR) is 114 cm³/mol. The number of carbonyl (C=O) groups excluding carboxylic acids is 1. The van der Waals surface area contributed by atoms with Gasteiger partial charge >= 0.3 is 5.97 Å². The van der Waals surface area contributed by atoms with Crippen molar-refractivity contribution in [3.05, 3.63) is 5.69 Å². The van der Waals surface area contributed by atoms with Gasteiger partial charge in [-0.3, -0.25) is 4.79 Å². The number of esters is 1. The average Bonchev–Trinajstić information content (AvgIpc) is 3.06. The Hall–Kier alpha value is -1.62. The maximum atomic E-state index is 12.4. The van der Waals surface area contributed by atoms with Gasteiger partial charge in [0.2, 0.25) is 5.95 Å². The summed E-state index contributed by atoms with van der Waals surface area (Å²) >= 11 is -0.794. The van der Waals surface area contributed by atoms with Crippen LogP contribution in [0.2, 0.25) is 0 Å². The Balaban J connectivity index is 1.10. The van der Waals surface area contributed by atoms with Crippen molar-refractivity contribution in [1.29, 1.82) is 0 Å². The van der Waals surface area contributed by atoms with Crippen LogP contribution >= 0.6 is 0 Å². The Morgan fingerprint density at radius 3 is 2.68 bits per heavy atom. The Morgan fingerprint density at radius 1 is 1.19 bits per heavy atom. The van der Waals surface area contributed by atoms with E-state index in [0.29, 0.717) is 43.7 Å². The fraction of sp³-hybridized carbons (Fsp3) is 0.762. The smallest absolute Gasteiger partial charge is 0.309 e. The lowest BCUT2D eigenvalue weighted by Crippen LogP contribution is -2.57. The zero-order chi connectivity index (χ0) is 21.0. The molecule has 31 heavy (non-hydrogen) atoms. The molecule has 10 heteroatoms. The molecular formula is C21H29N4O5S+. The number of rotatable bonds is 5. The minimum Gasteiger partial charge on any atom is -0.458 e. The van der Waals surface area contributed by atoms with Crippen LogP contribution in [0, 0.1) is 11.3 Å². The quantitative estimate of drug-likeness (QED) is 0.507. The zero-order valence-electron chi connectivity index (χ0n) is 17.5. The second kappa shape index (κ2) is 7.75. The highest BCUT2D eigenvalue weighted by Crippen LogP contribution is 2.48. The van der Waals surface area contributed by atoms with Crippen LogP contribution in [-0.2, 0) is 36.6 Å². The van der Waals surface area contributed by atoms with Gasteiger partial charge in [0.15, 0.2) is 22.7 Å². The van der Waals surface area contributed by atoms with Crippen molar-refractivity contribution < 1.29 is 23.6 Å². The van der Waals surface area contributed by atoms with Gasteiger partial charge in [-0.05, 0) is 25.7 Å². The second-order valence-electron chi connectivity index (χ2n) is 9.56. The number of ether oxygens (including phenoxy) is 3. The van der Waals surface area contributed by atoms with Gasteiger partial charge in [0.05, 0.1) is 32.2 Å². The lowest BCUT2D eigenvalue weighted by atomic mass is 9.64. The molecule has 5 heterocycles. The molecule has 1 unspecified atom stereocenters. The summed E-state index contributed by atoms with van der Waals surface area (Å²) in [5.41, 5.74) is 1.32. The molecule has 6 rings (SSSR count). The van der Waals surface area contributed by atoms with Gasteiger partial charge in [-0.2, -0.15) is 9.54 Å². The van der Waals surface area contributed by atoms with E-state index in [0.717, 1.165) is 67.5 Å². The summed E-state index contributed by atoms with van der Waals surface area (Å²) in [4.78, 5) is 24.8. The Bertz CT molecular complexity index is 862. The van der Waals surface area contributed by atoms with Crippen LogP contribution in [0.1, 0.15) is 31.4 Å². The van der Waals surface area contributed by atoms with E-state index in [1.54, 1.807) is 0 Å². The summed E-state index contributed by atoms with van der Waals surface area (Å²) in [5, 5.41) is 3.58. The molecule has 9 nitrogen and oxygen atoms in total. The van der Waals surface area contributed by atoms with E-state index in [1.807, 2.05) is 0 Å². The molecule has 1 aromatic heterocycles. The van der Waals surface area contributed by atoms with Crippen molar-refractivity contribution in [3.8, 4) is 0 Å². The highest BCUT2D eigenvalue weighted by Gasteiger charge is 2.51. The summed E-state index contributed by atoms with van der Waals surface area (Å²) in [7, 11) is 0. The van der Waals surface area contributed by atoms with Crippen LogP contribution in [0.4, 0.5) is 11.8 Å². The molecule has 1 atom stereocenters. The lowest BCUT2D eigenvalue weighted by Gasteiger charge is -2.53. The summed E-state index contributed by atoms with van der Waals surface area (Å²) in [5.74, 6) is 2.03. The normalized spacial score (nSPS) is 27.9. The van der Waals surface area contributed by atoms with Gasteiger partial charge in [-0.15, -0.1) is 0 Å². The number of fused-ring (bicyclic) bond motifs is 1. The van der Waals surface area contributed by atoms with Crippen LogP contribution in [-0.4, -0.2) is 77.9 Å². The Kier molecular flexibility index (Phi) is 5.01. The van der Waals surface area contributed by atoms with Crippen molar-refractivity contribution in [2.45, 2.75) is 49.1 Å². The van der Waals surface area contributed by atoms with Crippen LogP contribution < -0.4 is 10.2 Å². The molecule has 2 N–H and O–H groups in total. The monoisotopic (exact) mass is 449 g/mol. The first kappa shape index (κ1) is 20.0. The van der Waals surface area contributed by atoms with Crippen LogP contribution in [0.25, 0.3) is 0 Å². The van der Waals surface area contributed by atoms with Gasteiger partial charge in [0, 0.05) is 31.1 Å². The number of hydrogen-bond donors (Lipinski definition) is 2. The van der Waals surface area contributed by atoms with E-state index in [9.17, 15) is 9.35 Å². The first-order valence-corrected chi connectivity index (χ1v) is 12.6. The van der Waals surface area contributed by atoms with Crippen molar-refractivity contribution in [2.24, 2.45) is 11.3 Å². The predicted octanol–water partition coefficient (Wildman–Crippen LogP) is 1.23. The summed E-state index contributed by atoms with van der Waals surface area (Å²) < 4.78 is 26.9. The highest BCUT2D eigenvalue weighted by molar-refractivity contribution is 7.92. The molecule has 0 amide bonds. The molecule has 168 valence electrons. The number of carbonyl (C=O) groups is 1. The molecule has 0 aromatic carbocycles. The first-order valence-electron chi connectivity index (χ1n) is 11.3. The van der Waals surface area contributed by atoms with Gasteiger partial charge in [0.1, 0.15) is 11.8 Å². The van der Waals surface area contributed by atoms with Gasteiger partial charge in [-0.25, -0.2) is 4.98 Å². The second-order valence-corrected chi connectivity index (χ2v) is 11.1. The maximum absolute atomic E-state index is 12.4. The summed E-state index contributed by atoms with van der Waals surface area (Å²) in [6, 6.07) is 0.373. The summed E-state index contributed by atoms with van der Waals surface area (Å²) in [6.07, 6.45) is 4.34. The van der Waals surface area contributed by atoms with Crippen molar-refractivity contribution in [2.75, 3.05) is 55.5 Å². The molecule has 5 aliphatic rings. The number of nitrogens with zero attached hydrogens (tertiary/aromatic N) is 3. The number of anilines is 2. The third-order valence-corrected chi connectivity index (χ3v) is 8.67. The number of hydrogen-bond acceptors (Lipinski definition) is 9. The molecule has 3 saturated heterocycles. The minimum absolute atomic E-state index is 0.0378. The minimum atomic E-state index is -0.794. The first-order chi connectivity index (χ1) is 15.1. The third kappa shape index (κ3) is 3.67. The van der Waals surface area contributed by atoms with Gasteiger partial charge in [-0.1, -0.05) is 0 Å². The molecule has 0 bridgehead atoms. The molecule has 1 aliphatic carbocycles. The molecule has 4 fully saturated rings. The molecule has 1 aromatic rings. The molecule has 1 spiro atoms. The topological polar surface area (TPSA) is 106 Å². The van der Waals surface area contributed by atoms with E-state index in [-0.39, 0.29) is 18.0 Å². The molecule has 4 aliphatic heterocycles. The van der Waals surface area contributed by atoms with E-state index in [1.165, 1.54) is 0 Å². The Morgan fingerprint density at radius 2 is 1.97 bits per heavy atom. The van der Waals surface area contributed by atoms with Crippen molar-refractivity contribution in [1.82, 2.24) is 9.97 Å². The SMILES string of the molecule is O=C(OC1CN(c2nc3c(c(NC4CC5(COC5)C4)n2)[S+](O)CC3)C1)C1CCOCC1. The number of nitrogens with one attached hydrogen (secondary N) is 1. The van der Waals surface area contributed by atoms with E-state index in [4.69, 9.17) is 24.2 Å². The van der Waals surface area contributed by atoms with E-state index in [2.05, 4.69) is 10.2 Å². The van der Waals surface area contributed by atoms with Crippen LogP contribution in [0.15, 0.2) is 4.90 Å². The molecule has 0 radical (unpaired) electrons. The van der Waals surface area contributed by atoms with Crippen LogP contribution in [0.3, 0.4) is 0 Å². The van der Waals surface area contributed by atoms with Gasteiger partial charge < -0.3 is 24.4 Å². The third-order valence-electron chi connectivity index (χ3n) is 7.18. The van der Waals surface area contributed by atoms with E-state index < -0.39 is 11.2 Å². The number of aryl methyl sites for hydroxylation is 1. The average molecular weight is 450 g/mol. The Labute approximate surface area is 184 Å². The lowest BCUT2D eigenvalue weighted by molar-refractivity contribution is -0.159. The van der Waals surface area contributed by atoms with Gasteiger partial charge in [0.25, 0.3) is 4.90 Å². The molecular weight excluding hydrogens is 420 g/mol. The standard InChI is InChI=1S/C21H29N4O5S/c26-19(13-1-4-28-5-2-13)30-15-9-25(10-15)20-23-16-3-6-31(27)17(16)18(24-20)22-14-7-21(8-14)11-29-12-21/h13-15,27H,1-12H2,(H,22,23,24)/q+1. The fourth-order valence-corrected chi connectivity index (χ4v) is 6.55. The summed E-state index contributed by atoms with van der Waals surface area (Å²) in [6.45, 7) is 4.23. The zero-order valence-corrected chi connectivity index (χ0v) is 18.4. The van der Waals surface area contributed by atoms with Crippen LogP contribution in [0.5, 0.6) is 0 Å². The fourth-order valence-electron chi connectivity index (χ4n) is 5.21. The molecule has 1 saturated carbocycles. The maximum Gasteiger partial charge on any atom is 0.309 e. The van der Waals surface area contributed by atoms with Crippen molar-refractivity contribution in [3.63, 3.8) is 0 Å². The highest BCUT2D eigenvalue weighted by atomic mass is 32.2. The van der Waals surface area contributed by atoms with E-state index >= 15 is 0 Å². The van der Waals surface area contributed by atoms with Crippen molar-refractivity contribution >= 4 is 28.9 Å². The number of aromatic nitrogens is 2. The largest absolute Gasteiger partial charge is 0.458 e.